The number of nitrogens with zero attached hydrogens (tertiary/aromatic N) is 6. The zero-order valence-corrected chi connectivity index (χ0v) is 17.4. The van der Waals surface area contributed by atoms with Crippen LogP contribution in [0.4, 0.5) is 11.6 Å². The summed E-state index contributed by atoms with van der Waals surface area (Å²) >= 11 is 0. The van der Waals surface area contributed by atoms with Gasteiger partial charge >= 0.3 is 0 Å². The summed E-state index contributed by atoms with van der Waals surface area (Å²) in [6.07, 6.45) is 3.94. The van der Waals surface area contributed by atoms with Crippen LogP contribution in [-0.4, -0.2) is 64.7 Å². The number of aryl methyl sites for hydroxylation is 1. The van der Waals surface area contributed by atoms with E-state index in [0.717, 1.165) is 57.2 Å². The number of carbonyl (C=O) groups is 1. The van der Waals surface area contributed by atoms with Gasteiger partial charge in [-0.3, -0.25) is 9.20 Å². The second-order valence-electron chi connectivity index (χ2n) is 8.36. The van der Waals surface area contributed by atoms with Crippen molar-refractivity contribution in [3.05, 3.63) is 54.2 Å². The van der Waals surface area contributed by atoms with Crippen LogP contribution in [0.1, 0.15) is 18.4 Å². The SMILES string of the molecule is Cc1ccc(N2CCN(C(=O)[C@@H]3CCCN(c4nnc5ccccn45)C3)CC2)cc1. The van der Waals surface area contributed by atoms with E-state index in [2.05, 4.69) is 56.1 Å². The number of rotatable bonds is 3. The Bertz CT molecular complexity index is 1020. The average Bonchev–Trinajstić information content (AvgIpc) is 3.24. The predicted octanol–water partition coefficient (Wildman–Crippen LogP) is 2.60. The summed E-state index contributed by atoms with van der Waals surface area (Å²) in [7, 11) is 0. The van der Waals surface area contributed by atoms with Gasteiger partial charge in [0.1, 0.15) is 0 Å². The van der Waals surface area contributed by atoms with Crippen molar-refractivity contribution in [3.63, 3.8) is 0 Å². The van der Waals surface area contributed by atoms with Crippen molar-refractivity contribution in [2.75, 3.05) is 49.1 Å². The second kappa shape index (κ2) is 7.97. The molecule has 0 aliphatic carbocycles. The molecule has 1 amide bonds. The van der Waals surface area contributed by atoms with Crippen LogP contribution in [0.15, 0.2) is 48.7 Å². The van der Waals surface area contributed by atoms with Crippen molar-refractivity contribution in [3.8, 4) is 0 Å². The lowest BCUT2D eigenvalue weighted by molar-refractivity contribution is -0.136. The van der Waals surface area contributed by atoms with E-state index >= 15 is 0 Å². The molecule has 0 saturated carbocycles. The molecule has 0 unspecified atom stereocenters. The fourth-order valence-corrected chi connectivity index (χ4v) is 4.60. The average molecular weight is 405 g/mol. The van der Waals surface area contributed by atoms with Gasteiger partial charge in [0.05, 0.1) is 5.92 Å². The molecule has 2 fully saturated rings. The molecule has 2 aliphatic rings. The molecule has 5 rings (SSSR count). The molecule has 1 atom stereocenters. The van der Waals surface area contributed by atoms with Crippen molar-refractivity contribution in [1.82, 2.24) is 19.5 Å². The summed E-state index contributed by atoms with van der Waals surface area (Å²) in [5, 5.41) is 8.65. The van der Waals surface area contributed by atoms with Gasteiger partial charge in [0.2, 0.25) is 11.9 Å². The highest BCUT2D eigenvalue weighted by molar-refractivity contribution is 5.80. The topological polar surface area (TPSA) is 57.0 Å². The summed E-state index contributed by atoms with van der Waals surface area (Å²) in [5.74, 6) is 1.16. The smallest absolute Gasteiger partial charge is 0.231 e. The van der Waals surface area contributed by atoms with Crippen LogP contribution in [0, 0.1) is 12.8 Å². The Kier molecular flexibility index (Phi) is 5.02. The maximum atomic E-state index is 13.3. The van der Waals surface area contributed by atoms with Crippen molar-refractivity contribution >= 4 is 23.2 Å². The monoisotopic (exact) mass is 404 g/mol. The molecule has 0 N–H and O–H groups in total. The van der Waals surface area contributed by atoms with E-state index in [-0.39, 0.29) is 11.8 Å². The number of hydrogen-bond donors (Lipinski definition) is 0. The highest BCUT2D eigenvalue weighted by Gasteiger charge is 2.32. The van der Waals surface area contributed by atoms with Gasteiger partial charge in [-0.2, -0.15) is 0 Å². The lowest BCUT2D eigenvalue weighted by Crippen LogP contribution is -2.52. The quantitative estimate of drug-likeness (QED) is 0.672. The highest BCUT2D eigenvalue weighted by atomic mass is 16.2. The Labute approximate surface area is 176 Å². The maximum Gasteiger partial charge on any atom is 0.231 e. The van der Waals surface area contributed by atoms with E-state index in [1.54, 1.807) is 0 Å². The molecule has 7 nitrogen and oxygen atoms in total. The van der Waals surface area contributed by atoms with Gasteiger partial charge in [-0.05, 0) is 44.0 Å². The zero-order valence-electron chi connectivity index (χ0n) is 17.4. The van der Waals surface area contributed by atoms with E-state index in [1.165, 1.54) is 11.3 Å². The van der Waals surface area contributed by atoms with Crippen LogP contribution in [0.5, 0.6) is 0 Å². The molecule has 0 bridgehead atoms. The van der Waals surface area contributed by atoms with Gasteiger partial charge in [-0.25, -0.2) is 0 Å². The molecule has 1 aromatic carbocycles. The number of pyridine rings is 1. The molecule has 4 heterocycles. The molecule has 30 heavy (non-hydrogen) atoms. The van der Waals surface area contributed by atoms with Crippen LogP contribution in [0.2, 0.25) is 0 Å². The highest BCUT2D eigenvalue weighted by Crippen LogP contribution is 2.25. The van der Waals surface area contributed by atoms with Crippen molar-refractivity contribution in [1.29, 1.82) is 0 Å². The minimum atomic E-state index is 0.0285. The number of hydrogen-bond acceptors (Lipinski definition) is 5. The van der Waals surface area contributed by atoms with E-state index < -0.39 is 0 Å². The maximum absolute atomic E-state index is 13.3. The number of amides is 1. The number of fused-ring (bicyclic) bond motifs is 1. The second-order valence-corrected chi connectivity index (χ2v) is 8.36. The normalized spacial score (nSPS) is 20.0. The van der Waals surface area contributed by atoms with E-state index in [0.29, 0.717) is 6.54 Å². The van der Waals surface area contributed by atoms with Crippen LogP contribution < -0.4 is 9.80 Å². The fourth-order valence-electron chi connectivity index (χ4n) is 4.60. The fraction of sp³-hybridized carbons (Fsp3) is 0.435. The van der Waals surface area contributed by atoms with Gasteiger partial charge in [0.15, 0.2) is 5.65 Å². The minimum absolute atomic E-state index is 0.0285. The number of piperidine rings is 1. The molecule has 2 saturated heterocycles. The summed E-state index contributed by atoms with van der Waals surface area (Å²) in [5.41, 5.74) is 3.36. The molecule has 2 aromatic heterocycles. The van der Waals surface area contributed by atoms with Gasteiger partial charge < -0.3 is 14.7 Å². The molecular formula is C23H28N6O. The first-order valence-electron chi connectivity index (χ1n) is 10.8. The predicted molar refractivity (Wildman–Crippen MR) is 118 cm³/mol. The van der Waals surface area contributed by atoms with E-state index in [9.17, 15) is 4.79 Å². The Balaban J connectivity index is 1.23. The van der Waals surface area contributed by atoms with Gasteiger partial charge in [-0.15, -0.1) is 10.2 Å². The number of anilines is 2. The Morgan fingerprint density at radius 3 is 2.53 bits per heavy atom. The molecule has 3 aromatic rings. The molecule has 0 spiro atoms. The zero-order chi connectivity index (χ0) is 20.5. The summed E-state index contributed by atoms with van der Waals surface area (Å²) in [6.45, 7) is 7.10. The standard InChI is InChI=1S/C23H28N6O/c1-18-7-9-20(10-8-18)26-13-15-27(16-14-26)22(30)19-5-4-11-28(17-19)23-25-24-21-6-2-3-12-29(21)23/h2-3,6-10,12,19H,4-5,11,13-17H2,1H3/t19-/m1/s1. The summed E-state index contributed by atoms with van der Waals surface area (Å²) in [4.78, 5) is 19.9. The third-order valence-corrected chi connectivity index (χ3v) is 6.34. The van der Waals surface area contributed by atoms with Crippen molar-refractivity contribution in [2.24, 2.45) is 5.92 Å². The van der Waals surface area contributed by atoms with Crippen LogP contribution in [0.25, 0.3) is 5.65 Å². The van der Waals surface area contributed by atoms with Crippen LogP contribution in [0.3, 0.4) is 0 Å². The Hall–Kier alpha value is -3.09. The van der Waals surface area contributed by atoms with Gasteiger partial charge in [-0.1, -0.05) is 23.8 Å². The first-order chi connectivity index (χ1) is 14.7. The Morgan fingerprint density at radius 2 is 1.73 bits per heavy atom. The third-order valence-electron chi connectivity index (χ3n) is 6.34. The van der Waals surface area contributed by atoms with Crippen LogP contribution >= 0.6 is 0 Å². The number of benzene rings is 1. The first-order valence-corrected chi connectivity index (χ1v) is 10.8. The summed E-state index contributed by atoms with van der Waals surface area (Å²) in [6, 6.07) is 14.6. The first kappa shape index (κ1) is 18.9. The van der Waals surface area contributed by atoms with Crippen LogP contribution in [-0.2, 0) is 4.79 Å². The molecule has 156 valence electrons. The van der Waals surface area contributed by atoms with Gasteiger partial charge in [0.25, 0.3) is 0 Å². The number of carbonyl (C=O) groups excluding carboxylic acids is 1. The van der Waals surface area contributed by atoms with Gasteiger partial charge in [0, 0.05) is 51.2 Å². The van der Waals surface area contributed by atoms with Crippen molar-refractivity contribution in [2.45, 2.75) is 19.8 Å². The third kappa shape index (κ3) is 3.60. The summed E-state index contributed by atoms with van der Waals surface area (Å²) < 4.78 is 2.01. The van der Waals surface area contributed by atoms with E-state index in [1.807, 2.05) is 28.8 Å². The number of piperazine rings is 1. The molecule has 7 heteroatoms. The number of aromatic nitrogens is 3. The van der Waals surface area contributed by atoms with E-state index in [4.69, 9.17) is 0 Å². The molecule has 0 radical (unpaired) electrons. The lowest BCUT2D eigenvalue weighted by Gasteiger charge is -2.39. The minimum Gasteiger partial charge on any atom is -0.368 e. The Morgan fingerprint density at radius 1 is 0.933 bits per heavy atom. The lowest BCUT2D eigenvalue weighted by atomic mass is 9.96. The molecule has 2 aliphatic heterocycles. The van der Waals surface area contributed by atoms with Crippen molar-refractivity contribution < 1.29 is 4.79 Å². The largest absolute Gasteiger partial charge is 0.368 e. The molecular weight excluding hydrogens is 376 g/mol.